The molecule has 0 bridgehead atoms. The van der Waals surface area contributed by atoms with E-state index in [1.54, 1.807) is 43.3 Å². The van der Waals surface area contributed by atoms with Crippen LogP contribution >= 0.6 is 23.2 Å². The highest BCUT2D eigenvalue weighted by Gasteiger charge is 2.28. The van der Waals surface area contributed by atoms with Gasteiger partial charge in [0.15, 0.2) is 0 Å². The number of halogens is 2. The Morgan fingerprint density at radius 3 is 2.59 bits per heavy atom. The number of rotatable bonds is 2. The summed E-state index contributed by atoms with van der Waals surface area (Å²) in [5.74, 6) is -0.195. The summed E-state index contributed by atoms with van der Waals surface area (Å²) in [6.45, 7) is 1.80. The zero-order chi connectivity index (χ0) is 15.7. The lowest BCUT2D eigenvalue weighted by atomic mass is 10.1. The van der Waals surface area contributed by atoms with Crippen molar-refractivity contribution in [1.82, 2.24) is 0 Å². The molecule has 1 aliphatic rings. The molecular weight excluding hydrogens is 319 g/mol. The van der Waals surface area contributed by atoms with Crippen molar-refractivity contribution >= 4 is 46.6 Å². The number of hydrogen-bond acceptors (Lipinski definition) is 2. The summed E-state index contributed by atoms with van der Waals surface area (Å²) < 4.78 is 0. The van der Waals surface area contributed by atoms with E-state index in [1.165, 1.54) is 5.01 Å². The molecule has 1 amide bonds. The molecule has 0 aliphatic carbocycles. The summed E-state index contributed by atoms with van der Waals surface area (Å²) in [5, 5.41) is 6.82. The monoisotopic (exact) mass is 330 g/mol. The van der Waals surface area contributed by atoms with Crippen LogP contribution in [0.5, 0.6) is 0 Å². The number of carbonyl (C=O) groups is 1. The minimum absolute atomic E-state index is 0.195. The molecule has 3 nitrogen and oxygen atoms in total. The number of carbonyl (C=O) groups excluding carboxylic acids is 1. The molecule has 1 aliphatic heterocycles. The summed E-state index contributed by atoms with van der Waals surface area (Å²) >= 11 is 12.1. The van der Waals surface area contributed by atoms with E-state index in [0.29, 0.717) is 27.0 Å². The SMILES string of the molecule is CC1=NN(c2cccc(Cl)c2)C(=O)C1=Cc1ccccc1Cl. The second-order valence-corrected chi connectivity index (χ2v) is 5.71. The van der Waals surface area contributed by atoms with Crippen molar-refractivity contribution in [3.05, 3.63) is 69.7 Å². The van der Waals surface area contributed by atoms with Crippen LogP contribution in [0.1, 0.15) is 12.5 Å². The van der Waals surface area contributed by atoms with Crippen LogP contribution in [0.3, 0.4) is 0 Å². The number of benzene rings is 2. The molecule has 0 saturated carbocycles. The van der Waals surface area contributed by atoms with Crippen LogP contribution in [0, 0.1) is 0 Å². The van der Waals surface area contributed by atoms with E-state index in [0.717, 1.165) is 5.56 Å². The largest absolute Gasteiger partial charge is 0.280 e. The summed E-state index contributed by atoms with van der Waals surface area (Å²) in [6, 6.07) is 14.4. The highest BCUT2D eigenvalue weighted by atomic mass is 35.5. The highest BCUT2D eigenvalue weighted by molar-refractivity contribution is 6.35. The fourth-order valence-electron chi connectivity index (χ4n) is 2.21. The van der Waals surface area contributed by atoms with Gasteiger partial charge < -0.3 is 0 Å². The summed E-state index contributed by atoms with van der Waals surface area (Å²) in [7, 11) is 0. The third-order valence-corrected chi connectivity index (χ3v) is 3.90. The Bertz CT molecular complexity index is 812. The van der Waals surface area contributed by atoms with Gasteiger partial charge in [-0.3, -0.25) is 4.79 Å². The minimum Gasteiger partial charge on any atom is -0.267 e. The Kier molecular flexibility index (Phi) is 4.01. The first-order chi connectivity index (χ1) is 10.6. The van der Waals surface area contributed by atoms with Crippen molar-refractivity contribution in [1.29, 1.82) is 0 Å². The first kappa shape index (κ1) is 14.8. The molecule has 22 heavy (non-hydrogen) atoms. The first-order valence-electron chi connectivity index (χ1n) is 6.68. The van der Waals surface area contributed by atoms with Gasteiger partial charge in [-0.25, -0.2) is 0 Å². The average molecular weight is 331 g/mol. The quantitative estimate of drug-likeness (QED) is 0.728. The fraction of sp³-hybridized carbons (Fsp3) is 0.0588. The topological polar surface area (TPSA) is 32.7 Å². The Balaban J connectivity index is 1.99. The van der Waals surface area contributed by atoms with E-state index in [9.17, 15) is 4.79 Å². The number of anilines is 1. The van der Waals surface area contributed by atoms with Gasteiger partial charge in [-0.1, -0.05) is 47.5 Å². The van der Waals surface area contributed by atoms with Crippen LogP contribution in [0.2, 0.25) is 10.0 Å². The molecular formula is C17H12Cl2N2O. The van der Waals surface area contributed by atoms with Crippen LogP contribution in [0.15, 0.2) is 59.2 Å². The number of hydrazone groups is 1. The van der Waals surface area contributed by atoms with E-state index < -0.39 is 0 Å². The highest BCUT2D eigenvalue weighted by Crippen LogP contribution is 2.28. The molecule has 0 spiro atoms. The van der Waals surface area contributed by atoms with E-state index in [1.807, 2.05) is 18.2 Å². The van der Waals surface area contributed by atoms with Gasteiger partial charge in [0, 0.05) is 10.0 Å². The third kappa shape index (κ3) is 2.78. The van der Waals surface area contributed by atoms with Crippen LogP contribution in [-0.2, 0) is 4.79 Å². The molecule has 110 valence electrons. The van der Waals surface area contributed by atoms with Crippen LogP contribution < -0.4 is 5.01 Å². The summed E-state index contributed by atoms with van der Waals surface area (Å²) in [5.41, 5.74) is 2.59. The van der Waals surface area contributed by atoms with Gasteiger partial charge in [0.25, 0.3) is 5.91 Å². The van der Waals surface area contributed by atoms with Crippen LogP contribution in [-0.4, -0.2) is 11.6 Å². The van der Waals surface area contributed by atoms with Crippen LogP contribution in [0.25, 0.3) is 6.08 Å². The van der Waals surface area contributed by atoms with Crippen molar-refractivity contribution in [2.24, 2.45) is 5.10 Å². The second kappa shape index (κ2) is 5.95. The van der Waals surface area contributed by atoms with Crippen molar-refractivity contribution < 1.29 is 4.79 Å². The molecule has 0 aromatic heterocycles. The van der Waals surface area contributed by atoms with E-state index >= 15 is 0 Å². The maximum absolute atomic E-state index is 12.6. The van der Waals surface area contributed by atoms with Gasteiger partial charge in [-0.15, -0.1) is 0 Å². The van der Waals surface area contributed by atoms with Gasteiger partial charge in [-0.05, 0) is 42.8 Å². The van der Waals surface area contributed by atoms with Crippen molar-refractivity contribution in [3.63, 3.8) is 0 Å². The molecule has 1 heterocycles. The zero-order valence-electron chi connectivity index (χ0n) is 11.8. The standard InChI is InChI=1S/C17H12Cl2N2O/c1-11-15(9-12-5-2-3-8-16(12)19)17(22)21(20-11)14-7-4-6-13(18)10-14/h2-10H,1H3. The Morgan fingerprint density at radius 2 is 1.86 bits per heavy atom. The first-order valence-corrected chi connectivity index (χ1v) is 7.43. The smallest absolute Gasteiger partial charge is 0.267 e. The van der Waals surface area contributed by atoms with E-state index in [2.05, 4.69) is 5.10 Å². The Morgan fingerprint density at radius 1 is 1.09 bits per heavy atom. The Hall–Kier alpha value is -2.10. The lowest BCUT2D eigenvalue weighted by molar-refractivity contribution is -0.114. The van der Waals surface area contributed by atoms with E-state index in [-0.39, 0.29) is 5.91 Å². The van der Waals surface area contributed by atoms with Gasteiger partial charge in [0.2, 0.25) is 0 Å². The predicted molar refractivity (Wildman–Crippen MR) is 91.5 cm³/mol. The van der Waals surface area contributed by atoms with Crippen molar-refractivity contribution in [2.75, 3.05) is 5.01 Å². The van der Waals surface area contributed by atoms with E-state index in [4.69, 9.17) is 23.2 Å². The minimum atomic E-state index is -0.195. The Labute approximate surface area is 138 Å². The van der Waals surface area contributed by atoms with Crippen LogP contribution in [0.4, 0.5) is 5.69 Å². The molecule has 5 heteroatoms. The van der Waals surface area contributed by atoms with Crippen molar-refractivity contribution in [2.45, 2.75) is 6.92 Å². The molecule has 0 atom stereocenters. The lowest BCUT2D eigenvalue weighted by Gasteiger charge is -2.11. The van der Waals surface area contributed by atoms with Gasteiger partial charge in [0.1, 0.15) is 0 Å². The van der Waals surface area contributed by atoms with Gasteiger partial charge in [-0.2, -0.15) is 10.1 Å². The maximum atomic E-state index is 12.6. The molecule has 2 aromatic rings. The molecule has 0 radical (unpaired) electrons. The third-order valence-electron chi connectivity index (χ3n) is 3.32. The number of hydrogen-bond donors (Lipinski definition) is 0. The number of nitrogens with zero attached hydrogens (tertiary/aromatic N) is 2. The number of amides is 1. The molecule has 0 fully saturated rings. The lowest BCUT2D eigenvalue weighted by Crippen LogP contribution is -2.21. The summed E-state index contributed by atoms with van der Waals surface area (Å²) in [6.07, 6.45) is 1.76. The van der Waals surface area contributed by atoms with Gasteiger partial charge >= 0.3 is 0 Å². The molecule has 0 N–H and O–H groups in total. The summed E-state index contributed by atoms with van der Waals surface area (Å²) in [4.78, 5) is 12.6. The average Bonchev–Trinajstić information content (AvgIpc) is 2.77. The normalized spacial score (nSPS) is 16.3. The molecule has 3 rings (SSSR count). The maximum Gasteiger partial charge on any atom is 0.280 e. The van der Waals surface area contributed by atoms with Gasteiger partial charge in [0.05, 0.1) is 17.0 Å². The zero-order valence-corrected chi connectivity index (χ0v) is 13.3. The van der Waals surface area contributed by atoms with Crippen molar-refractivity contribution in [3.8, 4) is 0 Å². The molecule has 0 unspecified atom stereocenters. The predicted octanol–water partition coefficient (Wildman–Crippen LogP) is 4.80. The fourth-order valence-corrected chi connectivity index (χ4v) is 2.59. The second-order valence-electron chi connectivity index (χ2n) is 4.86. The molecule has 0 saturated heterocycles. The molecule has 2 aromatic carbocycles.